The molecule has 2 unspecified atom stereocenters. The van der Waals surface area contributed by atoms with Gasteiger partial charge in [0, 0.05) is 8.80 Å². The summed E-state index contributed by atoms with van der Waals surface area (Å²) in [5, 5.41) is 0. The molecule has 0 amide bonds. The lowest BCUT2D eigenvalue weighted by molar-refractivity contribution is 0.471. The first-order valence-corrected chi connectivity index (χ1v) is 11.5. The van der Waals surface area contributed by atoms with Crippen LogP contribution in [0.2, 0.25) is 18.6 Å². The molecule has 1 heteroatoms. The standard InChI is InChI=1S/C17H38Si/c1-6-10-12-16(8-3)14-18(5)15-17(9-4)13-11-7-2/h16-18H,6-15H2,1-5H3. The van der Waals surface area contributed by atoms with E-state index in [9.17, 15) is 0 Å². The summed E-state index contributed by atoms with van der Waals surface area (Å²) in [5.41, 5.74) is 0. The Hall–Kier alpha value is 0.217. The molecule has 18 heavy (non-hydrogen) atoms. The molecule has 0 heterocycles. The third kappa shape index (κ3) is 9.19. The van der Waals surface area contributed by atoms with Gasteiger partial charge in [-0.25, -0.2) is 0 Å². The topological polar surface area (TPSA) is 0 Å². The van der Waals surface area contributed by atoms with Crippen LogP contribution in [0.3, 0.4) is 0 Å². The van der Waals surface area contributed by atoms with E-state index in [1.807, 2.05) is 0 Å². The average molecular weight is 271 g/mol. The van der Waals surface area contributed by atoms with E-state index >= 15 is 0 Å². The van der Waals surface area contributed by atoms with Crippen LogP contribution in [0.25, 0.3) is 0 Å². The number of rotatable bonds is 12. The molecule has 0 aromatic heterocycles. The molecule has 0 aliphatic rings. The summed E-state index contributed by atoms with van der Waals surface area (Å²) >= 11 is 0. The fraction of sp³-hybridized carbons (Fsp3) is 1.00. The van der Waals surface area contributed by atoms with Crippen molar-refractivity contribution in [3.8, 4) is 0 Å². The molecule has 0 bridgehead atoms. The van der Waals surface area contributed by atoms with Crippen molar-refractivity contribution in [3.05, 3.63) is 0 Å². The van der Waals surface area contributed by atoms with Gasteiger partial charge in [-0.05, 0) is 11.8 Å². The van der Waals surface area contributed by atoms with Gasteiger partial charge in [0.2, 0.25) is 0 Å². The molecule has 0 fully saturated rings. The molecule has 0 nitrogen and oxygen atoms in total. The maximum Gasteiger partial charge on any atom is 0.0342 e. The molecule has 0 spiro atoms. The van der Waals surface area contributed by atoms with Crippen molar-refractivity contribution in [1.29, 1.82) is 0 Å². The minimum atomic E-state index is -0.438. The first kappa shape index (κ1) is 18.2. The monoisotopic (exact) mass is 270 g/mol. The smallest absolute Gasteiger partial charge is 0.0342 e. The molecular formula is C17H38Si. The third-order valence-electron chi connectivity index (χ3n) is 4.56. The maximum absolute atomic E-state index is 2.63. The minimum Gasteiger partial charge on any atom is -0.0720 e. The summed E-state index contributed by atoms with van der Waals surface area (Å²) in [6, 6.07) is 3.22. The SMILES string of the molecule is CCCCC(CC)C[SiH](C)CC(CC)CCCC. The number of unbranched alkanes of at least 4 members (excludes halogenated alkanes) is 2. The lowest BCUT2D eigenvalue weighted by Gasteiger charge is -2.22. The summed E-state index contributed by atoms with van der Waals surface area (Å²) < 4.78 is 0. The Morgan fingerprint density at radius 2 is 1.11 bits per heavy atom. The van der Waals surface area contributed by atoms with Crippen LogP contribution in [0.4, 0.5) is 0 Å². The zero-order chi connectivity index (χ0) is 13.8. The second-order valence-corrected chi connectivity index (χ2v) is 9.56. The van der Waals surface area contributed by atoms with Crippen molar-refractivity contribution in [1.82, 2.24) is 0 Å². The fourth-order valence-corrected chi connectivity index (χ4v) is 6.80. The molecule has 0 radical (unpaired) electrons. The van der Waals surface area contributed by atoms with Gasteiger partial charge in [0.25, 0.3) is 0 Å². The first-order chi connectivity index (χ1) is 8.67. The van der Waals surface area contributed by atoms with Crippen molar-refractivity contribution in [2.45, 2.75) is 97.7 Å². The molecule has 110 valence electrons. The predicted molar refractivity (Wildman–Crippen MR) is 89.2 cm³/mol. The van der Waals surface area contributed by atoms with Gasteiger partial charge in [-0.3, -0.25) is 0 Å². The van der Waals surface area contributed by atoms with Gasteiger partial charge in [0.15, 0.2) is 0 Å². The molecular weight excluding hydrogens is 232 g/mol. The van der Waals surface area contributed by atoms with Crippen molar-refractivity contribution in [2.75, 3.05) is 0 Å². The predicted octanol–water partition coefficient (Wildman–Crippen LogP) is 6.28. The molecule has 0 saturated heterocycles. The Labute approximate surface area is 119 Å². The van der Waals surface area contributed by atoms with E-state index in [-0.39, 0.29) is 0 Å². The minimum absolute atomic E-state index is 0.438. The highest BCUT2D eigenvalue weighted by molar-refractivity contribution is 6.57. The van der Waals surface area contributed by atoms with Gasteiger partial charge in [-0.1, -0.05) is 97.7 Å². The lowest BCUT2D eigenvalue weighted by Crippen LogP contribution is -2.17. The van der Waals surface area contributed by atoms with E-state index in [1.54, 1.807) is 12.1 Å². The molecule has 2 atom stereocenters. The Kier molecular flexibility index (Phi) is 12.4. The molecule has 0 saturated carbocycles. The van der Waals surface area contributed by atoms with Crippen LogP contribution in [0, 0.1) is 11.8 Å². The summed E-state index contributed by atoms with van der Waals surface area (Å²) in [6.45, 7) is 12.1. The largest absolute Gasteiger partial charge is 0.0720 e. The van der Waals surface area contributed by atoms with E-state index in [2.05, 4.69) is 34.2 Å². The summed E-state index contributed by atoms with van der Waals surface area (Å²) in [7, 11) is -0.438. The zero-order valence-electron chi connectivity index (χ0n) is 13.8. The maximum atomic E-state index is 2.63. The average Bonchev–Trinajstić information content (AvgIpc) is 2.39. The molecule has 0 rings (SSSR count). The van der Waals surface area contributed by atoms with Gasteiger partial charge in [0.1, 0.15) is 0 Å². The van der Waals surface area contributed by atoms with Crippen molar-refractivity contribution in [2.24, 2.45) is 11.8 Å². The summed E-state index contributed by atoms with van der Waals surface area (Å²) in [4.78, 5) is 0. The van der Waals surface area contributed by atoms with Crippen molar-refractivity contribution >= 4 is 8.80 Å². The summed E-state index contributed by atoms with van der Waals surface area (Å²) in [5.74, 6) is 2.10. The van der Waals surface area contributed by atoms with Gasteiger partial charge in [-0.2, -0.15) is 0 Å². The lowest BCUT2D eigenvalue weighted by atomic mass is 10.0. The third-order valence-corrected chi connectivity index (χ3v) is 7.50. The van der Waals surface area contributed by atoms with Gasteiger partial charge in [0.05, 0.1) is 0 Å². The van der Waals surface area contributed by atoms with Crippen molar-refractivity contribution < 1.29 is 0 Å². The molecule has 0 aliphatic carbocycles. The molecule has 0 aliphatic heterocycles. The fourth-order valence-electron chi connectivity index (χ4n) is 3.20. The van der Waals surface area contributed by atoms with Crippen LogP contribution >= 0.6 is 0 Å². The van der Waals surface area contributed by atoms with E-state index in [0.29, 0.717) is 0 Å². The quantitative estimate of drug-likeness (QED) is 0.366. The van der Waals surface area contributed by atoms with Crippen LogP contribution in [0.5, 0.6) is 0 Å². The van der Waals surface area contributed by atoms with Gasteiger partial charge < -0.3 is 0 Å². The Morgan fingerprint density at radius 3 is 1.39 bits per heavy atom. The zero-order valence-corrected chi connectivity index (χ0v) is 15.0. The van der Waals surface area contributed by atoms with Crippen LogP contribution in [-0.4, -0.2) is 8.80 Å². The molecule has 0 N–H and O–H groups in total. The Morgan fingerprint density at radius 1 is 0.722 bits per heavy atom. The van der Waals surface area contributed by atoms with Gasteiger partial charge in [-0.15, -0.1) is 0 Å². The molecule has 0 aromatic rings. The van der Waals surface area contributed by atoms with Gasteiger partial charge >= 0.3 is 0 Å². The van der Waals surface area contributed by atoms with Crippen LogP contribution in [-0.2, 0) is 0 Å². The Balaban J connectivity index is 3.92. The van der Waals surface area contributed by atoms with Crippen LogP contribution < -0.4 is 0 Å². The second kappa shape index (κ2) is 12.3. The number of hydrogen-bond acceptors (Lipinski definition) is 0. The number of hydrogen-bond donors (Lipinski definition) is 0. The van der Waals surface area contributed by atoms with Crippen LogP contribution in [0.1, 0.15) is 79.1 Å². The highest BCUT2D eigenvalue weighted by Crippen LogP contribution is 2.25. The second-order valence-electron chi connectivity index (χ2n) is 6.41. The van der Waals surface area contributed by atoms with E-state index in [4.69, 9.17) is 0 Å². The van der Waals surface area contributed by atoms with E-state index in [0.717, 1.165) is 11.8 Å². The highest BCUT2D eigenvalue weighted by Gasteiger charge is 2.16. The first-order valence-electron chi connectivity index (χ1n) is 8.67. The van der Waals surface area contributed by atoms with Crippen molar-refractivity contribution in [3.63, 3.8) is 0 Å². The van der Waals surface area contributed by atoms with Crippen LogP contribution in [0.15, 0.2) is 0 Å². The highest BCUT2D eigenvalue weighted by atomic mass is 28.3. The van der Waals surface area contributed by atoms with E-state index in [1.165, 1.54) is 51.4 Å². The normalized spacial score (nSPS) is 16.5. The van der Waals surface area contributed by atoms with E-state index < -0.39 is 8.80 Å². The summed E-state index contributed by atoms with van der Waals surface area (Å²) in [6.07, 6.45) is 11.5. The molecule has 0 aromatic carbocycles. The Bertz CT molecular complexity index is 149.